The molecule has 12 heteroatoms. The van der Waals surface area contributed by atoms with Crippen LogP contribution in [-0.2, 0) is 14.8 Å². The van der Waals surface area contributed by atoms with Crippen LogP contribution in [0.3, 0.4) is 0 Å². The number of benzene rings is 2. The molecule has 1 fully saturated rings. The van der Waals surface area contributed by atoms with E-state index in [1.54, 1.807) is 31.3 Å². The number of thiophene rings is 1. The molecule has 1 aliphatic heterocycles. The number of methoxy groups -OCH3 is 1. The Balaban J connectivity index is 1.36. The summed E-state index contributed by atoms with van der Waals surface area (Å²) in [5.41, 5.74) is 4.27. The van der Waals surface area contributed by atoms with Gasteiger partial charge < -0.3 is 19.7 Å². The minimum absolute atomic E-state index is 0.264. The number of amides is 1. The monoisotopic (exact) mass is 623 g/mol. The largest absolute Gasteiger partial charge is 0.495 e. The van der Waals surface area contributed by atoms with E-state index in [1.165, 1.54) is 21.9 Å². The molecule has 0 aliphatic carbocycles. The molecule has 0 unspecified atom stereocenters. The van der Waals surface area contributed by atoms with Gasteiger partial charge in [0.25, 0.3) is 0 Å². The highest BCUT2D eigenvalue weighted by Crippen LogP contribution is 2.39. The van der Waals surface area contributed by atoms with Crippen LogP contribution in [-0.4, -0.2) is 68.5 Å². The fraction of sp³-hybridized carbons (Fsp3) is 0.387. The first kappa shape index (κ1) is 30.6. The summed E-state index contributed by atoms with van der Waals surface area (Å²) in [6.45, 7) is 6.91. The number of ether oxygens (including phenoxy) is 2. The third kappa shape index (κ3) is 6.86. The van der Waals surface area contributed by atoms with E-state index in [9.17, 15) is 13.2 Å². The van der Waals surface area contributed by atoms with Crippen LogP contribution in [0.4, 0.5) is 22.1 Å². The zero-order valence-electron chi connectivity index (χ0n) is 25.2. The highest BCUT2D eigenvalue weighted by Gasteiger charge is 2.28. The van der Waals surface area contributed by atoms with Crippen molar-refractivity contribution in [3.05, 3.63) is 59.6 Å². The molecule has 2 aromatic carbocycles. The summed E-state index contributed by atoms with van der Waals surface area (Å²) in [4.78, 5) is 23.6. The predicted octanol–water partition coefficient (Wildman–Crippen LogP) is 6.62. The number of hydrogen-bond acceptors (Lipinski definition) is 9. The van der Waals surface area contributed by atoms with Crippen molar-refractivity contribution in [3.8, 4) is 16.9 Å². The quantitative estimate of drug-likeness (QED) is 0.244. The third-order valence-corrected chi connectivity index (χ3v) is 9.53. The molecule has 228 valence electrons. The van der Waals surface area contributed by atoms with Crippen molar-refractivity contribution in [2.45, 2.75) is 45.1 Å². The van der Waals surface area contributed by atoms with Crippen molar-refractivity contribution in [2.24, 2.45) is 0 Å². The molecule has 3 heterocycles. The van der Waals surface area contributed by atoms with Gasteiger partial charge in [0.2, 0.25) is 16.0 Å². The van der Waals surface area contributed by atoms with Gasteiger partial charge in [-0.3, -0.25) is 4.31 Å². The topological polar surface area (TPSA) is 114 Å². The van der Waals surface area contributed by atoms with E-state index >= 15 is 0 Å². The molecule has 1 amide bonds. The Labute approximate surface area is 256 Å². The Hall–Kier alpha value is -3.90. The third-order valence-electron chi connectivity index (χ3n) is 7.44. The van der Waals surface area contributed by atoms with Crippen LogP contribution in [0.1, 0.15) is 45.1 Å². The van der Waals surface area contributed by atoms with Gasteiger partial charge in [0.1, 0.15) is 11.4 Å². The number of aromatic nitrogens is 2. The SMILES string of the molecule is COc1cc(C2CCN(C(=O)OC(C)(C)C)CC2)ccc1Nc1ncc2scc(-c3ccccc3N(C)S(C)(=O)=O)c2n1. The van der Waals surface area contributed by atoms with Gasteiger partial charge in [-0.2, -0.15) is 0 Å². The summed E-state index contributed by atoms with van der Waals surface area (Å²) in [5.74, 6) is 1.37. The number of carbonyl (C=O) groups excluding carboxylic acids is 1. The maximum Gasteiger partial charge on any atom is 0.410 e. The van der Waals surface area contributed by atoms with Gasteiger partial charge in [-0.15, -0.1) is 11.3 Å². The standard InChI is InChI=1S/C31H37N5O5S2/c1-31(2,3)41-30(37)36-15-13-20(14-16-36)21-11-12-24(26(17-21)40-5)33-29-32-18-27-28(34-29)23(19-42-27)22-9-7-8-10-25(22)35(4)43(6,38)39/h7-12,17-20H,13-16H2,1-6H3,(H,32,33,34). The molecule has 1 N–H and O–H groups in total. The Bertz CT molecular complexity index is 1740. The maximum atomic E-state index is 12.5. The van der Waals surface area contributed by atoms with Crippen molar-refractivity contribution in [3.63, 3.8) is 0 Å². The van der Waals surface area contributed by atoms with Crippen LogP contribution >= 0.6 is 11.3 Å². The summed E-state index contributed by atoms with van der Waals surface area (Å²) in [6.07, 6.45) is 4.36. The van der Waals surface area contributed by atoms with Gasteiger partial charge in [-0.1, -0.05) is 24.3 Å². The summed E-state index contributed by atoms with van der Waals surface area (Å²) in [6, 6.07) is 13.4. The van der Waals surface area contributed by atoms with Crippen LogP contribution < -0.4 is 14.4 Å². The molecule has 0 spiro atoms. The molecule has 1 saturated heterocycles. The molecular weight excluding hydrogens is 587 g/mol. The van der Waals surface area contributed by atoms with Gasteiger partial charge >= 0.3 is 6.09 Å². The number of rotatable bonds is 7. The molecule has 0 saturated carbocycles. The van der Waals surface area contributed by atoms with E-state index in [2.05, 4.69) is 16.4 Å². The normalized spacial score (nSPS) is 14.5. The summed E-state index contributed by atoms with van der Waals surface area (Å²) < 4.78 is 38.0. The van der Waals surface area contributed by atoms with Gasteiger partial charge in [0, 0.05) is 36.6 Å². The highest BCUT2D eigenvalue weighted by atomic mass is 32.2. The Morgan fingerprint density at radius 1 is 1.12 bits per heavy atom. The predicted molar refractivity (Wildman–Crippen MR) is 172 cm³/mol. The second-order valence-corrected chi connectivity index (χ2v) is 14.6. The number of piperidine rings is 1. The van der Waals surface area contributed by atoms with E-state index < -0.39 is 15.6 Å². The zero-order chi connectivity index (χ0) is 30.9. The van der Waals surface area contributed by atoms with Crippen molar-refractivity contribution in [2.75, 3.05) is 43.1 Å². The molecule has 0 bridgehead atoms. The van der Waals surface area contributed by atoms with Crippen molar-refractivity contribution in [1.82, 2.24) is 14.9 Å². The molecule has 5 rings (SSSR count). The average molecular weight is 624 g/mol. The number of nitrogens with zero attached hydrogens (tertiary/aromatic N) is 4. The number of anilines is 3. The number of para-hydroxylation sites is 1. The number of hydrogen-bond donors (Lipinski definition) is 1. The van der Waals surface area contributed by atoms with Gasteiger partial charge in [-0.05, 0) is 63.3 Å². The molecular formula is C31H37N5O5S2. The minimum Gasteiger partial charge on any atom is -0.495 e. The van der Waals surface area contributed by atoms with Crippen LogP contribution in [0, 0.1) is 0 Å². The molecule has 4 aromatic rings. The van der Waals surface area contributed by atoms with Crippen LogP contribution in [0.15, 0.2) is 54.0 Å². The number of likely N-dealkylation sites (tertiary alicyclic amines) is 1. The summed E-state index contributed by atoms with van der Waals surface area (Å²) in [5, 5.41) is 5.27. The number of fused-ring (bicyclic) bond motifs is 1. The second-order valence-electron chi connectivity index (χ2n) is 11.6. The summed E-state index contributed by atoms with van der Waals surface area (Å²) >= 11 is 1.50. The molecule has 2 aromatic heterocycles. The van der Waals surface area contributed by atoms with E-state index in [0.29, 0.717) is 36.4 Å². The van der Waals surface area contributed by atoms with E-state index in [0.717, 1.165) is 45.4 Å². The first-order valence-electron chi connectivity index (χ1n) is 14.0. The van der Waals surface area contributed by atoms with Crippen LogP contribution in [0.5, 0.6) is 5.75 Å². The van der Waals surface area contributed by atoms with Crippen LogP contribution in [0.25, 0.3) is 21.3 Å². The molecule has 43 heavy (non-hydrogen) atoms. The van der Waals surface area contributed by atoms with E-state index in [4.69, 9.17) is 14.5 Å². The first-order valence-corrected chi connectivity index (χ1v) is 16.8. The first-order chi connectivity index (χ1) is 20.3. The second kappa shape index (κ2) is 12.0. The van der Waals surface area contributed by atoms with Gasteiger partial charge in [0.15, 0.2) is 0 Å². The van der Waals surface area contributed by atoms with Gasteiger partial charge in [-0.25, -0.2) is 23.2 Å². The highest BCUT2D eigenvalue weighted by molar-refractivity contribution is 7.92. The Morgan fingerprint density at radius 2 is 1.84 bits per heavy atom. The lowest BCUT2D eigenvalue weighted by Crippen LogP contribution is -2.41. The molecule has 0 radical (unpaired) electrons. The smallest absolute Gasteiger partial charge is 0.410 e. The number of carbonyl (C=O) groups is 1. The van der Waals surface area contributed by atoms with E-state index in [-0.39, 0.29) is 6.09 Å². The lowest BCUT2D eigenvalue weighted by Gasteiger charge is -2.33. The summed E-state index contributed by atoms with van der Waals surface area (Å²) in [7, 11) is -0.272. The number of sulfonamides is 1. The maximum absolute atomic E-state index is 12.5. The van der Waals surface area contributed by atoms with Gasteiger partial charge in [0.05, 0.1) is 41.2 Å². The van der Waals surface area contributed by atoms with Crippen molar-refractivity contribution < 1.29 is 22.7 Å². The fourth-order valence-electron chi connectivity index (χ4n) is 5.14. The Morgan fingerprint density at radius 3 is 2.51 bits per heavy atom. The van der Waals surface area contributed by atoms with Crippen molar-refractivity contribution in [1.29, 1.82) is 0 Å². The average Bonchev–Trinajstić information content (AvgIpc) is 3.39. The zero-order valence-corrected chi connectivity index (χ0v) is 26.9. The minimum atomic E-state index is -3.45. The van der Waals surface area contributed by atoms with E-state index in [1.807, 2.05) is 56.5 Å². The Kier molecular flexibility index (Phi) is 8.53. The molecule has 1 aliphatic rings. The fourth-order valence-corrected chi connectivity index (χ4v) is 6.52. The van der Waals surface area contributed by atoms with Crippen molar-refractivity contribution >= 4 is 55.0 Å². The van der Waals surface area contributed by atoms with Crippen LogP contribution in [0.2, 0.25) is 0 Å². The lowest BCUT2D eigenvalue weighted by atomic mass is 9.89. The number of nitrogens with one attached hydrogen (secondary N) is 1. The molecule has 0 atom stereocenters. The molecule has 10 nitrogen and oxygen atoms in total. The lowest BCUT2D eigenvalue weighted by molar-refractivity contribution is 0.0204.